The molecule has 6 heteroatoms. The lowest BCUT2D eigenvalue weighted by Gasteiger charge is -2.16. The van der Waals surface area contributed by atoms with E-state index < -0.39 is 5.97 Å². The topological polar surface area (TPSA) is 78.9 Å². The molecule has 1 rings (SSSR count). The number of nitrogens with zero attached hydrogens (tertiary/aromatic N) is 1. The van der Waals surface area contributed by atoms with Gasteiger partial charge in [-0.15, -0.1) is 0 Å². The monoisotopic (exact) mass is 244 g/mol. The smallest absolute Gasteiger partial charge is 0.303 e. The third-order valence-electron chi connectivity index (χ3n) is 2.86. The summed E-state index contributed by atoms with van der Waals surface area (Å²) in [5.74, 6) is -0.646. The molecule has 98 valence electrons. The summed E-state index contributed by atoms with van der Waals surface area (Å²) in [6, 6.07) is 0. The number of methoxy groups -OCH3 is 1. The molecule has 0 aromatic rings. The number of carboxylic acid groups (broad SMARTS) is 1. The van der Waals surface area contributed by atoms with E-state index in [1.807, 2.05) is 0 Å². The highest BCUT2D eigenvalue weighted by atomic mass is 16.5. The van der Waals surface area contributed by atoms with Crippen molar-refractivity contribution in [2.45, 2.75) is 12.8 Å². The average Bonchev–Trinajstić information content (AvgIpc) is 2.71. The zero-order chi connectivity index (χ0) is 12.7. The first kappa shape index (κ1) is 13.9. The normalized spacial score (nSPS) is 19.6. The molecule has 0 aromatic carbocycles. The number of hydrogen-bond donors (Lipinski definition) is 2. The lowest BCUT2D eigenvalue weighted by Crippen LogP contribution is -2.37. The molecule has 1 unspecified atom stereocenters. The molecule has 2 N–H and O–H groups in total. The summed E-state index contributed by atoms with van der Waals surface area (Å²) >= 11 is 0. The molecule has 17 heavy (non-hydrogen) atoms. The lowest BCUT2D eigenvalue weighted by molar-refractivity contribution is -0.138. The van der Waals surface area contributed by atoms with Crippen LogP contribution in [0, 0.1) is 5.92 Å². The van der Waals surface area contributed by atoms with E-state index in [4.69, 9.17) is 9.84 Å². The molecule has 1 heterocycles. The molecule has 1 fully saturated rings. The molecular formula is C11H20N2O4. The average molecular weight is 244 g/mol. The summed E-state index contributed by atoms with van der Waals surface area (Å²) in [6.45, 7) is 2.76. The third kappa shape index (κ3) is 5.14. The molecule has 0 saturated carbocycles. The van der Waals surface area contributed by atoms with Crippen LogP contribution < -0.4 is 5.32 Å². The molecule has 1 amide bonds. The molecule has 0 aromatic heterocycles. The summed E-state index contributed by atoms with van der Waals surface area (Å²) in [7, 11) is 1.61. The van der Waals surface area contributed by atoms with Gasteiger partial charge in [0.05, 0.1) is 13.2 Å². The van der Waals surface area contributed by atoms with Crippen molar-refractivity contribution in [3.8, 4) is 0 Å². The van der Waals surface area contributed by atoms with E-state index in [1.165, 1.54) is 0 Å². The van der Waals surface area contributed by atoms with Gasteiger partial charge in [-0.2, -0.15) is 0 Å². The number of carbonyl (C=O) groups excluding carboxylic acids is 1. The minimum atomic E-state index is -0.789. The van der Waals surface area contributed by atoms with Crippen molar-refractivity contribution in [2.75, 3.05) is 39.9 Å². The first-order valence-corrected chi connectivity index (χ1v) is 5.82. The zero-order valence-corrected chi connectivity index (χ0v) is 10.1. The number of carboxylic acids is 1. The maximum Gasteiger partial charge on any atom is 0.303 e. The molecule has 0 aliphatic carbocycles. The number of hydrogen-bond acceptors (Lipinski definition) is 4. The van der Waals surface area contributed by atoms with Gasteiger partial charge in [-0.25, -0.2) is 0 Å². The van der Waals surface area contributed by atoms with E-state index in [2.05, 4.69) is 5.32 Å². The van der Waals surface area contributed by atoms with Crippen LogP contribution in [0.1, 0.15) is 12.8 Å². The maximum absolute atomic E-state index is 11.7. The Bertz CT molecular complexity index is 270. The van der Waals surface area contributed by atoms with Crippen molar-refractivity contribution in [1.82, 2.24) is 10.2 Å². The Morgan fingerprint density at radius 3 is 2.94 bits per heavy atom. The molecule has 1 aliphatic rings. The van der Waals surface area contributed by atoms with E-state index in [1.54, 1.807) is 12.0 Å². The summed E-state index contributed by atoms with van der Waals surface area (Å²) in [4.78, 5) is 24.0. The molecule has 0 spiro atoms. The van der Waals surface area contributed by atoms with Gasteiger partial charge in [-0.05, 0) is 12.3 Å². The standard InChI is InChI=1S/C11H20N2O4/c1-17-5-3-12-7-10(14)13-4-2-9(8-13)6-11(15)16/h9,12H,2-8H2,1H3,(H,15,16). The van der Waals surface area contributed by atoms with Gasteiger partial charge in [0.15, 0.2) is 0 Å². The summed E-state index contributed by atoms with van der Waals surface area (Å²) in [5, 5.41) is 11.7. The second kappa shape index (κ2) is 7.24. The predicted molar refractivity (Wildman–Crippen MR) is 61.7 cm³/mol. The van der Waals surface area contributed by atoms with E-state index in [0.717, 1.165) is 6.42 Å². The Morgan fingerprint density at radius 2 is 2.29 bits per heavy atom. The van der Waals surface area contributed by atoms with Crippen molar-refractivity contribution in [3.05, 3.63) is 0 Å². The minimum absolute atomic E-state index is 0.0361. The first-order valence-electron chi connectivity index (χ1n) is 5.82. The second-order valence-corrected chi connectivity index (χ2v) is 4.26. The highest BCUT2D eigenvalue weighted by Gasteiger charge is 2.27. The molecule has 0 radical (unpaired) electrons. The fourth-order valence-electron chi connectivity index (χ4n) is 1.95. The van der Waals surface area contributed by atoms with Crippen molar-refractivity contribution in [3.63, 3.8) is 0 Å². The number of aliphatic carboxylic acids is 1. The van der Waals surface area contributed by atoms with Crippen molar-refractivity contribution >= 4 is 11.9 Å². The van der Waals surface area contributed by atoms with E-state index in [9.17, 15) is 9.59 Å². The van der Waals surface area contributed by atoms with Crippen molar-refractivity contribution in [1.29, 1.82) is 0 Å². The maximum atomic E-state index is 11.7. The van der Waals surface area contributed by atoms with Crippen LogP contribution in [0.3, 0.4) is 0 Å². The largest absolute Gasteiger partial charge is 0.481 e. The molecule has 6 nitrogen and oxygen atoms in total. The Kier molecular flexibility index (Phi) is 5.93. The van der Waals surface area contributed by atoms with Crippen LogP contribution in [-0.4, -0.2) is 61.8 Å². The summed E-state index contributed by atoms with van der Waals surface area (Å²) in [6.07, 6.45) is 0.941. The van der Waals surface area contributed by atoms with Gasteiger partial charge in [0.25, 0.3) is 0 Å². The molecule has 0 bridgehead atoms. The van der Waals surface area contributed by atoms with Crippen molar-refractivity contribution < 1.29 is 19.4 Å². The van der Waals surface area contributed by atoms with Gasteiger partial charge in [0, 0.05) is 33.2 Å². The van der Waals surface area contributed by atoms with Crippen LogP contribution >= 0.6 is 0 Å². The number of ether oxygens (including phenoxy) is 1. The fourth-order valence-corrected chi connectivity index (χ4v) is 1.95. The SMILES string of the molecule is COCCNCC(=O)N1CCC(CC(=O)O)C1. The molecule has 1 atom stereocenters. The first-order chi connectivity index (χ1) is 8.13. The Hall–Kier alpha value is -1.14. The second-order valence-electron chi connectivity index (χ2n) is 4.26. The van der Waals surface area contributed by atoms with Gasteiger partial charge in [-0.1, -0.05) is 0 Å². The van der Waals surface area contributed by atoms with Gasteiger partial charge >= 0.3 is 5.97 Å². The predicted octanol–water partition coefficient (Wildman–Crippen LogP) is -0.454. The summed E-state index contributed by atoms with van der Waals surface area (Å²) in [5.41, 5.74) is 0. The van der Waals surface area contributed by atoms with Gasteiger partial charge in [0.2, 0.25) is 5.91 Å². The van der Waals surface area contributed by atoms with Gasteiger partial charge in [-0.3, -0.25) is 9.59 Å². The summed E-state index contributed by atoms with van der Waals surface area (Å²) < 4.78 is 4.86. The number of likely N-dealkylation sites (tertiary alicyclic amines) is 1. The quantitative estimate of drug-likeness (QED) is 0.593. The number of rotatable bonds is 7. The molecule has 1 aliphatic heterocycles. The Balaban J connectivity index is 2.18. The fraction of sp³-hybridized carbons (Fsp3) is 0.818. The highest BCUT2D eigenvalue weighted by molar-refractivity contribution is 5.78. The Labute approximate surface area is 101 Å². The van der Waals surface area contributed by atoms with E-state index in [-0.39, 0.29) is 18.2 Å². The minimum Gasteiger partial charge on any atom is -0.481 e. The highest BCUT2D eigenvalue weighted by Crippen LogP contribution is 2.19. The van der Waals surface area contributed by atoms with Crippen LogP contribution in [0.4, 0.5) is 0 Å². The zero-order valence-electron chi connectivity index (χ0n) is 10.1. The van der Waals surface area contributed by atoms with E-state index in [0.29, 0.717) is 32.8 Å². The van der Waals surface area contributed by atoms with Crippen LogP contribution in [0.25, 0.3) is 0 Å². The van der Waals surface area contributed by atoms with E-state index >= 15 is 0 Å². The van der Waals surface area contributed by atoms with Gasteiger partial charge in [0.1, 0.15) is 0 Å². The van der Waals surface area contributed by atoms with Crippen LogP contribution in [-0.2, 0) is 14.3 Å². The van der Waals surface area contributed by atoms with Crippen LogP contribution in [0.5, 0.6) is 0 Å². The Morgan fingerprint density at radius 1 is 1.53 bits per heavy atom. The van der Waals surface area contributed by atoms with Crippen molar-refractivity contribution in [2.24, 2.45) is 5.92 Å². The lowest BCUT2D eigenvalue weighted by atomic mass is 10.1. The molecular weight excluding hydrogens is 224 g/mol. The number of amides is 1. The third-order valence-corrected chi connectivity index (χ3v) is 2.86. The number of carbonyl (C=O) groups is 2. The number of nitrogens with one attached hydrogen (secondary N) is 1. The van der Waals surface area contributed by atoms with Crippen LogP contribution in [0.15, 0.2) is 0 Å². The van der Waals surface area contributed by atoms with Crippen LogP contribution in [0.2, 0.25) is 0 Å². The van der Waals surface area contributed by atoms with Gasteiger partial charge < -0.3 is 20.1 Å². The molecule has 1 saturated heterocycles.